The highest BCUT2D eigenvalue weighted by Crippen LogP contribution is 2.35. The molecular formula is C20H20F4N6O2. The number of halogens is 4. The Balaban J connectivity index is 1.75. The molecule has 3 heterocycles. The lowest BCUT2D eigenvalue weighted by Gasteiger charge is -2.27. The van der Waals surface area contributed by atoms with E-state index in [1.54, 1.807) is 6.07 Å². The third kappa shape index (κ3) is 4.09. The molecule has 0 amide bonds. The topological polar surface area (TPSA) is 85.2 Å². The van der Waals surface area contributed by atoms with Crippen molar-refractivity contribution in [2.45, 2.75) is 19.1 Å². The first-order valence-electron chi connectivity index (χ1n) is 9.86. The number of ether oxygens (including phenoxy) is 1. The molecular weight excluding hydrogens is 432 g/mol. The van der Waals surface area contributed by atoms with Gasteiger partial charge in [-0.05, 0) is 19.1 Å². The van der Waals surface area contributed by atoms with Crippen molar-refractivity contribution in [3.05, 3.63) is 51.6 Å². The summed E-state index contributed by atoms with van der Waals surface area (Å²) >= 11 is 0. The molecule has 0 radical (unpaired) electrons. The van der Waals surface area contributed by atoms with E-state index in [0.29, 0.717) is 43.6 Å². The zero-order valence-corrected chi connectivity index (χ0v) is 17.3. The van der Waals surface area contributed by atoms with Crippen LogP contribution in [-0.2, 0) is 18.0 Å². The number of hydrogen-bond acceptors (Lipinski definition) is 7. The maximum absolute atomic E-state index is 14.6. The Hall–Kier alpha value is -3.28. The summed E-state index contributed by atoms with van der Waals surface area (Å²) in [5.74, 6) is -0.671. The highest BCUT2D eigenvalue weighted by molar-refractivity contribution is 5.89. The Kier molecular flexibility index (Phi) is 5.71. The van der Waals surface area contributed by atoms with Gasteiger partial charge in [0.05, 0.1) is 30.2 Å². The Morgan fingerprint density at radius 2 is 1.91 bits per heavy atom. The molecule has 1 aliphatic heterocycles. The van der Waals surface area contributed by atoms with E-state index in [1.165, 1.54) is 20.0 Å². The predicted octanol–water partition coefficient (Wildman–Crippen LogP) is 2.89. The monoisotopic (exact) mass is 452 g/mol. The van der Waals surface area contributed by atoms with Crippen LogP contribution in [0.5, 0.6) is 0 Å². The van der Waals surface area contributed by atoms with Crippen LogP contribution in [-0.4, -0.2) is 46.3 Å². The van der Waals surface area contributed by atoms with Gasteiger partial charge < -0.3 is 15.0 Å². The van der Waals surface area contributed by atoms with Gasteiger partial charge in [0.25, 0.3) is 5.56 Å². The molecule has 170 valence electrons. The van der Waals surface area contributed by atoms with Crippen molar-refractivity contribution >= 4 is 22.5 Å². The largest absolute Gasteiger partial charge is 0.419 e. The summed E-state index contributed by atoms with van der Waals surface area (Å²) in [5, 5.41) is 15.6. The average Bonchev–Trinajstić information content (AvgIpc) is 2.77. The van der Waals surface area contributed by atoms with Gasteiger partial charge in [0.2, 0.25) is 0 Å². The molecule has 1 saturated heterocycles. The van der Waals surface area contributed by atoms with E-state index in [4.69, 9.17) is 4.74 Å². The first-order chi connectivity index (χ1) is 15.2. The summed E-state index contributed by atoms with van der Waals surface area (Å²) in [4.78, 5) is 14.4. The summed E-state index contributed by atoms with van der Waals surface area (Å²) in [7, 11) is 1.42. The van der Waals surface area contributed by atoms with E-state index >= 15 is 0 Å². The number of alkyl halides is 3. The summed E-state index contributed by atoms with van der Waals surface area (Å²) in [6.07, 6.45) is -4.82. The summed E-state index contributed by atoms with van der Waals surface area (Å²) < 4.78 is 60.3. The van der Waals surface area contributed by atoms with Crippen LogP contribution in [0.2, 0.25) is 0 Å². The summed E-state index contributed by atoms with van der Waals surface area (Å²) in [6.45, 7) is 3.73. The molecule has 1 aliphatic rings. The number of benzene rings is 1. The molecule has 32 heavy (non-hydrogen) atoms. The standard InChI is InChI=1S/C20H20F4N6O2/c1-11(12-4-3-5-14(16(12)21)20(22,23)24)25-18-13-10-15(30-6-8-32-9-7-30)26-27-17(13)19(31)29(2)28-18/h3-5,10-11H,6-9H2,1-2H3,(H,25,28)/t11-/m1/s1. The lowest BCUT2D eigenvalue weighted by atomic mass is 10.0. The van der Waals surface area contributed by atoms with E-state index in [-0.39, 0.29) is 16.9 Å². The minimum absolute atomic E-state index is 0.0405. The third-order valence-corrected chi connectivity index (χ3v) is 5.27. The number of anilines is 2. The molecule has 0 unspecified atom stereocenters. The van der Waals surface area contributed by atoms with Gasteiger partial charge in [-0.3, -0.25) is 4.79 Å². The van der Waals surface area contributed by atoms with Gasteiger partial charge in [-0.2, -0.15) is 18.3 Å². The molecule has 1 aromatic carbocycles. The van der Waals surface area contributed by atoms with Crippen molar-refractivity contribution in [2.24, 2.45) is 7.05 Å². The van der Waals surface area contributed by atoms with Gasteiger partial charge in [-0.1, -0.05) is 12.1 Å². The Bertz CT molecular complexity index is 1210. The van der Waals surface area contributed by atoms with Crippen LogP contribution in [0.15, 0.2) is 29.1 Å². The smallest absolute Gasteiger partial charge is 0.378 e. The van der Waals surface area contributed by atoms with Gasteiger partial charge in [-0.15, -0.1) is 10.2 Å². The molecule has 0 bridgehead atoms. The van der Waals surface area contributed by atoms with Gasteiger partial charge in [0, 0.05) is 25.7 Å². The molecule has 1 atom stereocenters. The fourth-order valence-corrected chi connectivity index (χ4v) is 3.56. The molecule has 0 aliphatic carbocycles. The second kappa shape index (κ2) is 8.34. The number of hydrogen-bond donors (Lipinski definition) is 1. The van der Waals surface area contributed by atoms with Gasteiger partial charge in [0.1, 0.15) is 5.82 Å². The lowest BCUT2D eigenvalue weighted by molar-refractivity contribution is -0.140. The number of nitrogens with zero attached hydrogens (tertiary/aromatic N) is 5. The zero-order chi connectivity index (χ0) is 23.0. The molecule has 1 fully saturated rings. The summed E-state index contributed by atoms with van der Waals surface area (Å²) in [6, 6.07) is 3.86. The Labute approximate surface area is 179 Å². The Morgan fingerprint density at radius 3 is 2.59 bits per heavy atom. The lowest BCUT2D eigenvalue weighted by Crippen LogP contribution is -2.37. The number of nitrogens with one attached hydrogen (secondary N) is 1. The van der Waals surface area contributed by atoms with E-state index < -0.39 is 29.2 Å². The van der Waals surface area contributed by atoms with Crippen molar-refractivity contribution in [2.75, 3.05) is 36.5 Å². The minimum Gasteiger partial charge on any atom is -0.378 e. The molecule has 0 saturated carbocycles. The SMILES string of the molecule is C[C@@H](Nc1nn(C)c(=O)c2nnc(N3CCOCC3)cc12)c1cccc(C(F)(F)F)c1F. The minimum atomic E-state index is -4.82. The Morgan fingerprint density at radius 1 is 1.19 bits per heavy atom. The highest BCUT2D eigenvalue weighted by Gasteiger charge is 2.35. The van der Waals surface area contributed by atoms with Crippen molar-refractivity contribution in [3.8, 4) is 0 Å². The molecule has 2 aromatic heterocycles. The van der Waals surface area contributed by atoms with E-state index in [2.05, 4.69) is 20.6 Å². The maximum Gasteiger partial charge on any atom is 0.419 e. The van der Waals surface area contributed by atoms with Crippen LogP contribution in [0, 0.1) is 5.82 Å². The molecule has 1 N–H and O–H groups in total. The van der Waals surface area contributed by atoms with Crippen LogP contribution >= 0.6 is 0 Å². The number of aromatic nitrogens is 4. The normalized spacial score (nSPS) is 15.8. The van der Waals surface area contributed by atoms with Gasteiger partial charge in [0.15, 0.2) is 17.2 Å². The van der Waals surface area contributed by atoms with Crippen molar-refractivity contribution < 1.29 is 22.3 Å². The third-order valence-electron chi connectivity index (χ3n) is 5.27. The molecule has 8 nitrogen and oxygen atoms in total. The first kappa shape index (κ1) is 21.9. The second-order valence-electron chi connectivity index (χ2n) is 7.41. The van der Waals surface area contributed by atoms with Crippen LogP contribution < -0.4 is 15.8 Å². The first-order valence-corrected chi connectivity index (χ1v) is 9.86. The average molecular weight is 452 g/mol. The quantitative estimate of drug-likeness (QED) is 0.610. The molecule has 12 heteroatoms. The summed E-state index contributed by atoms with van der Waals surface area (Å²) in [5.41, 5.74) is -1.97. The van der Waals surface area contributed by atoms with E-state index in [1.807, 2.05) is 4.90 Å². The molecule has 0 spiro atoms. The van der Waals surface area contributed by atoms with E-state index in [0.717, 1.165) is 10.7 Å². The zero-order valence-electron chi connectivity index (χ0n) is 17.3. The fourth-order valence-electron chi connectivity index (χ4n) is 3.56. The predicted molar refractivity (Wildman–Crippen MR) is 109 cm³/mol. The number of aryl methyl sites for hydroxylation is 1. The number of fused-ring (bicyclic) bond motifs is 1. The van der Waals surface area contributed by atoms with Gasteiger partial charge >= 0.3 is 6.18 Å². The van der Waals surface area contributed by atoms with Crippen LogP contribution in [0.1, 0.15) is 24.1 Å². The highest BCUT2D eigenvalue weighted by atomic mass is 19.4. The number of morpholine rings is 1. The second-order valence-corrected chi connectivity index (χ2v) is 7.41. The number of rotatable bonds is 4. The van der Waals surface area contributed by atoms with Crippen molar-refractivity contribution in [3.63, 3.8) is 0 Å². The molecule has 4 rings (SSSR count). The van der Waals surface area contributed by atoms with Crippen molar-refractivity contribution in [1.82, 2.24) is 20.0 Å². The molecule has 3 aromatic rings. The van der Waals surface area contributed by atoms with Crippen molar-refractivity contribution in [1.29, 1.82) is 0 Å². The van der Waals surface area contributed by atoms with Crippen LogP contribution in [0.4, 0.5) is 29.2 Å². The van der Waals surface area contributed by atoms with E-state index in [9.17, 15) is 22.4 Å². The van der Waals surface area contributed by atoms with Crippen LogP contribution in [0.3, 0.4) is 0 Å². The fraction of sp³-hybridized carbons (Fsp3) is 0.400. The van der Waals surface area contributed by atoms with Gasteiger partial charge in [-0.25, -0.2) is 9.07 Å². The maximum atomic E-state index is 14.6. The van der Waals surface area contributed by atoms with Crippen LogP contribution in [0.25, 0.3) is 10.9 Å².